The fraction of sp³-hybridized carbons (Fsp3) is 0.417. The number of hydrogen-bond acceptors (Lipinski definition) is 2. The Bertz CT molecular complexity index is 303. The molecule has 0 spiro atoms. The minimum Gasteiger partial charge on any atom is -0.382 e. The summed E-state index contributed by atoms with van der Waals surface area (Å²) in [6, 6.07) is 9.88. The van der Waals surface area contributed by atoms with E-state index in [0.29, 0.717) is 5.11 Å². The average Bonchev–Trinajstić information content (AvgIpc) is 2.30. The highest BCUT2D eigenvalue weighted by Gasteiger charge is 1.95. The Labute approximate surface area is 102 Å². The van der Waals surface area contributed by atoms with E-state index in [2.05, 4.69) is 10.6 Å². The summed E-state index contributed by atoms with van der Waals surface area (Å²) in [7, 11) is 0. The van der Waals surface area contributed by atoms with Gasteiger partial charge in [-0.15, -0.1) is 0 Å². The van der Waals surface area contributed by atoms with Crippen molar-refractivity contribution in [1.82, 2.24) is 5.32 Å². The molecular formula is C12H18N2OS. The van der Waals surface area contributed by atoms with Crippen molar-refractivity contribution < 1.29 is 4.74 Å². The van der Waals surface area contributed by atoms with Gasteiger partial charge in [-0.25, -0.2) is 0 Å². The standard InChI is InChI=1S/C12H18N2OS/c1-2-15-10-6-9-13-12(16)14-11-7-4-3-5-8-11/h3-5,7-8H,2,6,9-10H2,1H3,(H2,13,14,16). The highest BCUT2D eigenvalue weighted by molar-refractivity contribution is 7.80. The van der Waals surface area contributed by atoms with Crippen molar-refractivity contribution in [1.29, 1.82) is 0 Å². The average molecular weight is 238 g/mol. The molecule has 0 aliphatic rings. The molecule has 0 aromatic heterocycles. The molecule has 0 aliphatic carbocycles. The van der Waals surface area contributed by atoms with Crippen molar-refractivity contribution >= 4 is 23.0 Å². The molecule has 0 unspecified atom stereocenters. The molecule has 1 aromatic rings. The van der Waals surface area contributed by atoms with Gasteiger partial charge >= 0.3 is 0 Å². The van der Waals surface area contributed by atoms with Gasteiger partial charge in [0.2, 0.25) is 0 Å². The second-order valence-electron chi connectivity index (χ2n) is 3.30. The predicted octanol–water partition coefficient (Wildman–Crippen LogP) is 2.40. The number of hydrogen-bond donors (Lipinski definition) is 2. The molecular weight excluding hydrogens is 220 g/mol. The SMILES string of the molecule is CCOCCCNC(=S)Nc1ccccc1. The summed E-state index contributed by atoms with van der Waals surface area (Å²) in [6.45, 7) is 4.37. The highest BCUT2D eigenvalue weighted by atomic mass is 32.1. The maximum Gasteiger partial charge on any atom is 0.170 e. The summed E-state index contributed by atoms with van der Waals surface area (Å²) in [4.78, 5) is 0. The zero-order valence-corrected chi connectivity index (χ0v) is 10.3. The van der Waals surface area contributed by atoms with Gasteiger partial charge in [0.1, 0.15) is 0 Å². The number of anilines is 1. The van der Waals surface area contributed by atoms with E-state index >= 15 is 0 Å². The Morgan fingerprint density at radius 1 is 1.31 bits per heavy atom. The van der Waals surface area contributed by atoms with Gasteiger partial charge in [-0.2, -0.15) is 0 Å². The number of para-hydroxylation sites is 1. The van der Waals surface area contributed by atoms with Crippen molar-refractivity contribution in [2.45, 2.75) is 13.3 Å². The fourth-order valence-electron chi connectivity index (χ4n) is 1.22. The number of thiocarbonyl (C=S) groups is 1. The lowest BCUT2D eigenvalue weighted by Gasteiger charge is -2.10. The van der Waals surface area contributed by atoms with Crippen LogP contribution in [0.15, 0.2) is 30.3 Å². The van der Waals surface area contributed by atoms with E-state index in [1.807, 2.05) is 37.3 Å². The summed E-state index contributed by atoms with van der Waals surface area (Å²) in [6.07, 6.45) is 0.963. The van der Waals surface area contributed by atoms with Crippen molar-refractivity contribution in [2.75, 3.05) is 25.1 Å². The second-order valence-corrected chi connectivity index (χ2v) is 3.71. The Morgan fingerprint density at radius 2 is 2.06 bits per heavy atom. The quantitative estimate of drug-likeness (QED) is 0.589. The minimum absolute atomic E-state index is 0.655. The van der Waals surface area contributed by atoms with Gasteiger partial charge in [-0.3, -0.25) is 0 Å². The minimum atomic E-state index is 0.655. The van der Waals surface area contributed by atoms with Gasteiger partial charge in [0.15, 0.2) is 5.11 Å². The van der Waals surface area contributed by atoms with E-state index in [4.69, 9.17) is 17.0 Å². The van der Waals surface area contributed by atoms with Gasteiger partial charge in [0.05, 0.1) is 0 Å². The third-order valence-corrected chi connectivity index (χ3v) is 2.23. The van der Waals surface area contributed by atoms with Gasteiger partial charge in [0.25, 0.3) is 0 Å². The Balaban J connectivity index is 2.12. The zero-order valence-electron chi connectivity index (χ0n) is 9.53. The van der Waals surface area contributed by atoms with Gasteiger partial charge in [0, 0.05) is 25.4 Å². The fourth-order valence-corrected chi connectivity index (χ4v) is 1.44. The van der Waals surface area contributed by atoms with Crippen LogP contribution in [-0.2, 0) is 4.74 Å². The number of nitrogens with one attached hydrogen (secondary N) is 2. The Hall–Kier alpha value is -1.13. The topological polar surface area (TPSA) is 33.3 Å². The van der Waals surface area contributed by atoms with E-state index in [-0.39, 0.29) is 0 Å². The summed E-state index contributed by atoms with van der Waals surface area (Å²) in [5, 5.41) is 6.90. The van der Waals surface area contributed by atoms with Crippen molar-refractivity contribution in [3.63, 3.8) is 0 Å². The smallest absolute Gasteiger partial charge is 0.170 e. The van der Waals surface area contributed by atoms with Crippen LogP contribution < -0.4 is 10.6 Å². The third-order valence-electron chi connectivity index (χ3n) is 1.99. The lowest BCUT2D eigenvalue weighted by atomic mass is 10.3. The van der Waals surface area contributed by atoms with Gasteiger partial charge in [-0.05, 0) is 37.7 Å². The first-order chi connectivity index (χ1) is 7.83. The first-order valence-corrected chi connectivity index (χ1v) is 5.91. The monoisotopic (exact) mass is 238 g/mol. The summed E-state index contributed by atoms with van der Waals surface area (Å²) >= 11 is 5.15. The third kappa shape index (κ3) is 5.68. The van der Waals surface area contributed by atoms with Crippen molar-refractivity contribution in [3.8, 4) is 0 Å². The van der Waals surface area contributed by atoms with E-state index < -0.39 is 0 Å². The number of ether oxygens (including phenoxy) is 1. The van der Waals surface area contributed by atoms with Crippen LogP contribution in [-0.4, -0.2) is 24.9 Å². The van der Waals surface area contributed by atoms with Crippen LogP contribution in [0.25, 0.3) is 0 Å². The Kier molecular flexibility index (Phi) is 6.53. The van der Waals surface area contributed by atoms with Crippen LogP contribution >= 0.6 is 12.2 Å². The molecule has 4 heteroatoms. The lowest BCUT2D eigenvalue weighted by Crippen LogP contribution is -2.29. The van der Waals surface area contributed by atoms with Crippen LogP contribution in [0.1, 0.15) is 13.3 Å². The van der Waals surface area contributed by atoms with Crippen molar-refractivity contribution in [3.05, 3.63) is 30.3 Å². The number of benzene rings is 1. The Morgan fingerprint density at radius 3 is 2.75 bits per heavy atom. The van der Waals surface area contributed by atoms with Crippen LogP contribution in [0.2, 0.25) is 0 Å². The molecule has 0 fully saturated rings. The molecule has 0 aliphatic heterocycles. The molecule has 0 amide bonds. The van der Waals surface area contributed by atoms with E-state index in [1.165, 1.54) is 0 Å². The molecule has 0 atom stereocenters. The molecule has 16 heavy (non-hydrogen) atoms. The maximum absolute atomic E-state index is 5.23. The van der Waals surface area contributed by atoms with E-state index in [1.54, 1.807) is 0 Å². The summed E-state index contributed by atoms with van der Waals surface area (Å²) < 4.78 is 5.23. The predicted molar refractivity (Wildman–Crippen MR) is 71.8 cm³/mol. The van der Waals surface area contributed by atoms with E-state index in [0.717, 1.165) is 31.9 Å². The summed E-state index contributed by atoms with van der Waals surface area (Å²) in [5.74, 6) is 0. The van der Waals surface area contributed by atoms with Gasteiger partial charge < -0.3 is 15.4 Å². The number of rotatable bonds is 6. The summed E-state index contributed by atoms with van der Waals surface area (Å²) in [5.41, 5.74) is 1.00. The maximum atomic E-state index is 5.23. The van der Waals surface area contributed by atoms with Crippen molar-refractivity contribution in [2.24, 2.45) is 0 Å². The first kappa shape index (κ1) is 12.9. The molecule has 1 aromatic carbocycles. The lowest BCUT2D eigenvalue weighted by molar-refractivity contribution is 0.146. The largest absolute Gasteiger partial charge is 0.382 e. The molecule has 1 rings (SSSR count). The van der Waals surface area contributed by atoms with E-state index in [9.17, 15) is 0 Å². The molecule has 0 heterocycles. The molecule has 88 valence electrons. The molecule has 2 N–H and O–H groups in total. The molecule has 0 bridgehead atoms. The molecule has 3 nitrogen and oxygen atoms in total. The van der Waals surface area contributed by atoms with Crippen LogP contribution in [0.5, 0.6) is 0 Å². The first-order valence-electron chi connectivity index (χ1n) is 5.50. The van der Waals surface area contributed by atoms with Crippen LogP contribution in [0.4, 0.5) is 5.69 Å². The van der Waals surface area contributed by atoms with Crippen LogP contribution in [0.3, 0.4) is 0 Å². The zero-order chi connectivity index (χ0) is 11.6. The molecule has 0 saturated carbocycles. The van der Waals surface area contributed by atoms with Gasteiger partial charge in [-0.1, -0.05) is 18.2 Å². The molecule has 0 saturated heterocycles. The normalized spacial score (nSPS) is 9.81. The highest BCUT2D eigenvalue weighted by Crippen LogP contribution is 2.04. The second kappa shape index (κ2) is 8.07. The van der Waals surface area contributed by atoms with Crippen LogP contribution in [0, 0.1) is 0 Å². The molecule has 0 radical (unpaired) electrons.